The van der Waals surface area contributed by atoms with Gasteiger partial charge < -0.3 is 15.5 Å². The minimum Gasteiger partial charge on any atom is -0.353 e. The highest BCUT2D eigenvalue weighted by Gasteiger charge is 2.05. The highest BCUT2D eigenvalue weighted by atomic mass is 16.1. The fraction of sp³-hybridized carbons (Fsp3) is 0.917. The Morgan fingerprint density at radius 3 is 2.44 bits per heavy atom. The second kappa shape index (κ2) is 8.53. The average molecular weight is 229 g/mol. The van der Waals surface area contributed by atoms with Crippen molar-refractivity contribution >= 4 is 5.91 Å². The molecule has 0 radical (unpaired) electrons. The van der Waals surface area contributed by atoms with Crippen LogP contribution < -0.4 is 10.6 Å². The summed E-state index contributed by atoms with van der Waals surface area (Å²) in [5, 5.41) is 6.07. The molecule has 0 bridgehead atoms. The van der Waals surface area contributed by atoms with Gasteiger partial charge in [0.25, 0.3) is 0 Å². The molecule has 0 saturated carbocycles. The van der Waals surface area contributed by atoms with E-state index in [1.54, 1.807) is 0 Å². The van der Waals surface area contributed by atoms with Crippen LogP contribution in [0.15, 0.2) is 0 Å². The molecule has 0 saturated heterocycles. The Morgan fingerprint density at radius 2 is 1.94 bits per heavy atom. The first-order valence-corrected chi connectivity index (χ1v) is 6.17. The molecule has 0 heterocycles. The van der Waals surface area contributed by atoms with Crippen LogP contribution in [0, 0.1) is 0 Å². The third kappa shape index (κ3) is 7.65. The van der Waals surface area contributed by atoms with Gasteiger partial charge in [-0.2, -0.15) is 0 Å². The molecule has 4 heteroatoms. The molecule has 0 spiro atoms. The second-order valence-corrected chi connectivity index (χ2v) is 4.63. The van der Waals surface area contributed by atoms with Crippen molar-refractivity contribution in [3.63, 3.8) is 0 Å². The summed E-state index contributed by atoms with van der Waals surface area (Å²) in [6.45, 7) is 10.6. The van der Waals surface area contributed by atoms with Crippen LogP contribution >= 0.6 is 0 Å². The molecule has 0 fully saturated rings. The fourth-order valence-electron chi connectivity index (χ4n) is 1.14. The maximum atomic E-state index is 11.4. The summed E-state index contributed by atoms with van der Waals surface area (Å²) >= 11 is 0. The Morgan fingerprint density at radius 1 is 1.31 bits per heavy atom. The van der Waals surface area contributed by atoms with Crippen molar-refractivity contribution < 1.29 is 4.79 Å². The van der Waals surface area contributed by atoms with E-state index in [4.69, 9.17) is 0 Å². The van der Waals surface area contributed by atoms with E-state index in [1.165, 1.54) is 0 Å². The Kier molecular flexibility index (Phi) is 8.21. The molecule has 1 amide bonds. The van der Waals surface area contributed by atoms with Crippen LogP contribution in [0.2, 0.25) is 0 Å². The van der Waals surface area contributed by atoms with E-state index in [-0.39, 0.29) is 11.9 Å². The smallest absolute Gasteiger partial charge is 0.234 e. The molecule has 16 heavy (non-hydrogen) atoms. The van der Waals surface area contributed by atoms with Crippen LogP contribution in [0.4, 0.5) is 0 Å². The molecule has 1 unspecified atom stereocenters. The van der Waals surface area contributed by atoms with Crippen LogP contribution in [0.3, 0.4) is 0 Å². The standard InChI is InChI=1S/C12H27N3O/c1-6-11(4)14-12(16)9-13-7-8-15(5)10(2)3/h10-11,13H,6-9H2,1-5H3,(H,14,16). The molecule has 2 N–H and O–H groups in total. The molecule has 0 aromatic heterocycles. The molecule has 1 atom stereocenters. The topological polar surface area (TPSA) is 44.4 Å². The zero-order valence-corrected chi connectivity index (χ0v) is 11.3. The molecular weight excluding hydrogens is 202 g/mol. The van der Waals surface area contributed by atoms with Crippen LogP contribution in [0.1, 0.15) is 34.1 Å². The largest absolute Gasteiger partial charge is 0.353 e. The lowest BCUT2D eigenvalue weighted by Crippen LogP contribution is -2.41. The molecular formula is C12H27N3O. The van der Waals surface area contributed by atoms with Gasteiger partial charge in [-0.25, -0.2) is 0 Å². The van der Waals surface area contributed by atoms with Crippen molar-refractivity contribution in [2.75, 3.05) is 26.7 Å². The predicted octanol–water partition coefficient (Wildman–Crippen LogP) is 0.831. The lowest BCUT2D eigenvalue weighted by Gasteiger charge is -2.21. The normalized spacial score (nSPS) is 13.2. The van der Waals surface area contributed by atoms with Gasteiger partial charge in [0, 0.05) is 25.2 Å². The second-order valence-electron chi connectivity index (χ2n) is 4.63. The average Bonchev–Trinajstić information content (AvgIpc) is 2.23. The number of amides is 1. The summed E-state index contributed by atoms with van der Waals surface area (Å²) in [5.41, 5.74) is 0. The van der Waals surface area contributed by atoms with Crippen LogP contribution in [0.5, 0.6) is 0 Å². The Bertz CT molecular complexity index is 195. The van der Waals surface area contributed by atoms with Crippen molar-refractivity contribution in [1.82, 2.24) is 15.5 Å². The zero-order valence-electron chi connectivity index (χ0n) is 11.3. The minimum atomic E-state index is 0.0848. The maximum Gasteiger partial charge on any atom is 0.234 e. The number of rotatable bonds is 8. The minimum absolute atomic E-state index is 0.0848. The Balaban J connectivity index is 3.48. The number of carbonyl (C=O) groups excluding carboxylic acids is 1. The number of hydrogen-bond donors (Lipinski definition) is 2. The van der Waals surface area contributed by atoms with Gasteiger partial charge in [0.05, 0.1) is 6.54 Å². The van der Waals surface area contributed by atoms with Crippen molar-refractivity contribution in [1.29, 1.82) is 0 Å². The van der Waals surface area contributed by atoms with Crippen molar-refractivity contribution in [3.05, 3.63) is 0 Å². The van der Waals surface area contributed by atoms with Gasteiger partial charge in [-0.3, -0.25) is 4.79 Å². The van der Waals surface area contributed by atoms with E-state index in [1.807, 2.05) is 6.92 Å². The lowest BCUT2D eigenvalue weighted by atomic mass is 10.2. The fourth-order valence-corrected chi connectivity index (χ4v) is 1.14. The van der Waals surface area contributed by atoms with E-state index in [9.17, 15) is 4.79 Å². The molecule has 0 aliphatic heterocycles. The van der Waals surface area contributed by atoms with E-state index in [0.29, 0.717) is 12.6 Å². The van der Waals surface area contributed by atoms with Gasteiger partial charge in [0.2, 0.25) is 5.91 Å². The van der Waals surface area contributed by atoms with Gasteiger partial charge in [-0.05, 0) is 34.2 Å². The highest BCUT2D eigenvalue weighted by molar-refractivity contribution is 5.78. The molecule has 4 nitrogen and oxygen atoms in total. The zero-order chi connectivity index (χ0) is 12.6. The van der Waals surface area contributed by atoms with Gasteiger partial charge in [0.15, 0.2) is 0 Å². The molecule has 96 valence electrons. The van der Waals surface area contributed by atoms with Gasteiger partial charge in [0.1, 0.15) is 0 Å². The third-order valence-electron chi connectivity index (χ3n) is 2.83. The SMILES string of the molecule is CCC(C)NC(=O)CNCCN(C)C(C)C. The monoisotopic (exact) mass is 229 g/mol. The quantitative estimate of drug-likeness (QED) is 0.606. The maximum absolute atomic E-state index is 11.4. The summed E-state index contributed by atoms with van der Waals surface area (Å²) in [6.07, 6.45) is 0.974. The van der Waals surface area contributed by atoms with Crippen LogP contribution in [-0.2, 0) is 4.79 Å². The van der Waals surface area contributed by atoms with E-state index in [0.717, 1.165) is 19.5 Å². The van der Waals surface area contributed by atoms with E-state index < -0.39 is 0 Å². The van der Waals surface area contributed by atoms with E-state index in [2.05, 4.69) is 43.4 Å². The van der Waals surface area contributed by atoms with Gasteiger partial charge in [-0.1, -0.05) is 6.92 Å². The third-order valence-corrected chi connectivity index (χ3v) is 2.83. The van der Waals surface area contributed by atoms with Crippen molar-refractivity contribution in [3.8, 4) is 0 Å². The first-order chi connectivity index (χ1) is 7.47. The summed E-state index contributed by atoms with van der Waals surface area (Å²) in [6, 6.07) is 0.823. The van der Waals surface area contributed by atoms with Gasteiger partial charge >= 0.3 is 0 Å². The first-order valence-electron chi connectivity index (χ1n) is 6.17. The summed E-state index contributed by atoms with van der Waals surface area (Å²) < 4.78 is 0. The van der Waals surface area contributed by atoms with Crippen LogP contribution in [0.25, 0.3) is 0 Å². The number of hydrogen-bond acceptors (Lipinski definition) is 3. The predicted molar refractivity (Wildman–Crippen MR) is 68.5 cm³/mol. The molecule has 0 aliphatic carbocycles. The Labute approximate surface area is 99.8 Å². The number of nitrogens with zero attached hydrogens (tertiary/aromatic N) is 1. The number of likely N-dealkylation sites (N-methyl/N-ethyl adjacent to an activating group) is 1. The van der Waals surface area contributed by atoms with Crippen LogP contribution in [-0.4, -0.2) is 49.6 Å². The number of nitrogens with one attached hydrogen (secondary N) is 2. The van der Waals surface area contributed by atoms with E-state index >= 15 is 0 Å². The summed E-state index contributed by atoms with van der Waals surface area (Å²) in [4.78, 5) is 13.7. The molecule has 0 rings (SSSR count). The Hall–Kier alpha value is -0.610. The summed E-state index contributed by atoms with van der Waals surface area (Å²) in [5.74, 6) is 0.0848. The van der Waals surface area contributed by atoms with Crippen molar-refractivity contribution in [2.24, 2.45) is 0 Å². The molecule has 0 aliphatic rings. The summed E-state index contributed by atoms with van der Waals surface area (Å²) in [7, 11) is 2.09. The molecule has 0 aromatic carbocycles. The number of carbonyl (C=O) groups is 1. The molecule has 0 aromatic rings. The highest BCUT2D eigenvalue weighted by Crippen LogP contribution is 1.90. The van der Waals surface area contributed by atoms with Gasteiger partial charge in [-0.15, -0.1) is 0 Å². The lowest BCUT2D eigenvalue weighted by molar-refractivity contribution is -0.120. The van der Waals surface area contributed by atoms with Crippen molar-refractivity contribution in [2.45, 2.75) is 46.2 Å². The first kappa shape index (κ1) is 15.4.